The Balaban J connectivity index is 2.07. The van der Waals surface area contributed by atoms with Gasteiger partial charge in [0.05, 0.1) is 4.88 Å². The number of nitrogens with one attached hydrogen (secondary N) is 1. The molecule has 1 fully saturated rings. The lowest BCUT2D eigenvalue weighted by molar-refractivity contribution is -0.131. The Morgan fingerprint density at radius 3 is 2.78 bits per heavy atom. The number of amides is 1. The minimum Gasteiger partial charge on any atom is -0.478 e. The van der Waals surface area contributed by atoms with Gasteiger partial charge in [-0.1, -0.05) is 6.92 Å². The summed E-state index contributed by atoms with van der Waals surface area (Å²) in [4.78, 5) is 23.8. The van der Waals surface area contributed by atoms with Crippen LogP contribution in [0.5, 0.6) is 0 Å². The van der Waals surface area contributed by atoms with Gasteiger partial charge in [0, 0.05) is 17.0 Å². The fourth-order valence-electron chi connectivity index (χ4n) is 1.68. The van der Waals surface area contributed by atoms with Crippen LogP contribution >= 0.6 is 11.3 Å². The highest BCUT2D eigenvalue weighted by Crippen LogP contribution is 2.30. The van der Waals surface area contributed by atoms with Gasteiger partial charge in [0.15, 0.2) is 0 Å². The molecule has 0 spiro atoms. The third kappa shape index (κ3) is 2.98. The van der Waals surface area contributed by atoms with E-state index in [1.54, 1.807) is 6.07 Å². The van der Waals surface area contributed by atoms with Crippen molar-refractivity contribution in [2.24, 2.45) is 5.92 Å². The number of thiophene rings is 1. The van der Waals surface area contributed by atoms with Crippen molar-refractivity contribution >= 4 is 29.3 Å². The van der Waals surface area contributed by atoms with Crippen molar-refractivity contribution < 1.29 is 14.7 Å². The number of hydrogen-bond donors (Lipinski definition) is 2. The zero-order valence-corrected chi connectivity index (χ0v) is 11.1. The molecule has 1 saturated carbocycles. The van der Waals surface area contributed by atoms with E-state index in [1.807, 2.05) is 6.92 Å². The molecule has 2 unspecified atom stereocenters. The maximum atomic E-state index is 11.9. The molecule has 96 valence electrons. The second kappa shape index (κ2) is 4.94. The predicted octanol–water partition coefficient (Wildman–Crippen LogP) is 2.29. The maximum absolute atomic E-state index is 11.9. The van der Waals surface area contributed by atoms with Crippen molar-refractivity contribution in [3.8, 4) is 0 Å². The molecule has 0 radical (unpaired) electrons. The van der Waals surface area contributed by atoms with Crippen LogP contribution in [0.1, 0.15) is 33.5 Å². The molecule has 2 rings (SSSR count). The first-order valence-corrected chi connectivity index (χ1v) is 6.61. The first-order chi connectivity index (χ1) is 8.47. The van der Waals surface area contributed by atoms with Gasteiger partial charge >= 0.3 is 5.97 Å². The predicted molar refractivity (Wildman–Crippen MR) is 70.8 cm³/mol. The van der Waals surface area contributed by atoms with E-state index in [-0.39, 0.29) is 5.91 Å². The number of carbonyl (C=O) groups is 2. The molecule has 5 heteroatoms. The number of carboxylic acid groups (broad SMARTS) is 1. The summed E-state index contributed by atoms with van der Waals surface area (Å²) < 4.78 is 0. The summed E-state index contributed by atoms with van der Waals surface area (Å²) in [6.07, 6.45) is 3.66. The zero-order valence-electron chi connectivity index (χ0n) is 10.3. The third-order valence-electron chi connectivity index (χ3n) is 2.98. The Kier molecular flexibility index (Phi) is 3.52. The summed E-state index contributed by atoms with van der Waals surface area (Å²) in [7, 11) is 0. The van der Waals surface area contributed by atoms with Crippen molar-refractivity contribution in [3.05, 3.63) is 27.5 Å². The van der Waals surface area contributed by atoms with E-state index in [0.717, 1.165) is 22.9 Å². The Morgan fingerprint density at radius 1 is 1.56 bits per heavy atom. The highest BCUT2D eigenvalue weighted by atomic mass is 32.1. The van der Waals surface area contributed by atoms with E-state index in [9.17, 15) is 9.59 Å². The Bertz CT molecular complexity index is 518. The standard InChI is InChI=1S/C13H15NO3S/c1-7-5-9(7)14-13(17)11-6-8(2)10(18-11)3-4-12(15)16/h3-4,6-7,9H,5H2,1-2H3,(H,14,17)(H,15,16). The van der Waals surface area contributed by atoms with Crippen molar-refractivity contribution in [2.45, 2.75) is 26.3 Å². The molecule has 0 bridgehead atoms. The van der Waals surface area contributed by atoms with Gasteiger partial charge in [-0.25, -0.2) is 4.79 Å². The molecule has 0 aliphatic heterocycles. The van der Waals surface area contributed by atoms with E-state index in [4.69, 9.17) is 5.11 Å². The first kappa shape index (κ1) is 12.8. The van der Waals surface area contributed by atoms with Gasteiger partial charge < -0.3 is 10.4 Å². The molecule has 1 aromatic rings. The summed E-state index contributed by atoms with van der Waals surface area (Å²) >= 11 is 1.32. The van der Waals surface area contributed by atoms with E-state index < -0.39 is 5.97 Å². The molecule has 0 saturated heterocycles. The number of carboxylic acids is 1. The lowest BCUT2D eigenvalue weighted by Crippen LogP contribution is -2.25. The summed E-state index contributed by atoms with van der Waals surface area (Å²) in [5.41, 5.74) is 0.923. The van der Waals surface area contributed by atoms with E-state index in [0.29, 0.717) is 16.8 Å². The zero-order chi connectivity index (χ0) is 13.3. The molecule has 0 aromatic carbocycles. The number of carbonyl (C=O) groups excluding carboxylic acids is 1. The normalized spacial score (nSPS) is 22.1. The molecule has 4 nitrogen and oxygen atoms in total. The molecule has 1 aliphatic carbocycles. The van der Waals surface area contributed by atoms with E-state index in [2.05, 4.69) is 12.2 Å². The van der Waals surface area contributed by atoms with Crippen molar-refractivity contribution in [1.82, 2.24) is 5.32 Å². The molecule has 1 heterocycles. The quantitative estimate of drug-likeness (QED) is 0.821. The highest BCUT2D eigenvalue weighted by molar-refractivity contribution is 7.15. The number of hydrogen-bond acceptors (Lipinski definition) is 3. The molecule has 2 atom stereocenters. The number of aliphatic carboxylic acids is 1. The Morgan fingerprint density at radius 2 is 2.22 bits per heavy atom. The van der Waals surface area contributed by atoms with Gasteiger partial charge in [0.2, 0.25) is 0 Å². The summed E-state index contributed by atoms with van der Waals surface area (Å²) in [5, 5.41) is 11.5. The largest absolute Gasteiger partial charge is 0.478 e. The second-order valence-electron chi connectivity index (χ2n) is 4.62. The molecule has 2 N–H and O–H groups in total. The molecule has 1 aliphatic rings. The van der Waals surface area contributed by atoms with Gasteiger partial charge in [-0.2, -0.15) is 0 Å². The van der Waals surface area contributed by atoms with Gasteiger partial charge in [0.25, 0.3) is 5.91 Å². The summed E-state index contributed by atoms with van der Waals surface area (Å²) in [5.74, 6) is -0.477. The Hall–Kier alpha value is -1.62. The smallest absolute Gasteiger partial charge is 0.328 e. The van der Waals surface area contributed by atoms with E-state index in [1.165, 1.54) is 17.4 Å². The summed E-state index contributed by atoms with van der Waals surface area (Å²) in [6.45, 7) is 3.97. The van der Waals surface area contributed by atoms with Crippen LogP contribution in [0.2, 0.25) is 0 Å². The van der Waals surface area contributed by atoms with E-state index >= 15 is 0 Å². The van der Waals surface area contributed by atoms with Gasteiger partial charge in [-0.15, -0.1) is 11.3 Å². The fraction of sp³-hybridized carbons (Fsp3) is 0.385. The average molecular weight is 265 g/mol. The van der Waals surface area contributed by atoms with Crippen LogP contribution in [0.3, 0.4) is 0 Å². The number of aryl methyl sites for hydroxylation is 1. The monoisotopic (exact) mass is 265 g/mol. The lowest BCUT2D eigenvalue weighted by atomic mass is 10.2. The average Bonchev–Trinajstić information content (AvgIpc) is 2.84. The highest BCUT2D eigenvalue weighted by Gasteiger charge is 2.34. The first-order valence-electron chi connectivity index (χ1n) is 5.79. The molecule has 1 amide bonds. The number of rotatable bonds is 4. The van der Waals surface area contributed by atoms with Crippen molar-refractivity contribution in [1.29, 1.82) is 0 Å². The lowest BCUT2D eigenvalue weighted by Gasteiger charge is -1.99. The van der Waals surface area contributed by atoms with Crippen molar-refractivity contribution in [2.75, 3.05) is 0 Å². The third-order valence-corrected chi connectivity index (χ3v) is 4.18. The van der Waals surface area contributed by atoms with Crippen molar-refractivity contribution in [3.63, 3.8) is 0 Å². The minimum absolute atomic E-state index is 0.0626. The molecular formula is C13H15NO3S. The van der Waals surface area contributed by atoms with Crippen LogP contribution < -0.4 is 5.32 Å². The van der Waals surface area contributed by atoms with Crippen LogP contribution in [0.25, 0.3) is 6.08 Å². The van der Waals surface area contributed by atoms with Gasteiger partial charge in [-0.05, 0) is 37.0 Å². The van der Waals surface area contributed by atoms with Crippen LogP contribution in [0, 0.1) is 12.8 Å². The van der Waals surface area contributed by atoms with Gasteiger partial charge in [-0.3, -0.25) is 4.79 Å². The van der Waals surface area contributed by atoms with Crippen LogP contribution in [0.15, 0.2) is 12.1 Å². The molecule has 1 aromatic heterocycles. The SMILES string of the molecule is Cc1cc(C(=O)NC2CC2C)sc1C=CC(=O)O. The summed E-state index contributed by atoms with van der Waals surface area (Å²) in [6, 6.07) is 2.10. The topological polar surface area (TPSA) is 66.4 Å². The Labute approximate surface area is 109 Å². The van der Waals surface area contributed by atoms with Crippen LogP contribution in [-0.2, 0) is 4.79 Å². The maximum Gasteiger partial charge on any atom is 0.328 e. The second-order valence-corrected chi connectivity index (χ2v) is 5.71. The molecular weight excluding hydrogens is 250 g/mol. The van der Waals surface area contributed by atoms with Crippen LogP contribution in [-0.4, -0.2) is 23.0 Å². The minimum atomic E-state index is -0.986. The van der Waals surface area contributed by atoms with Gasteiger partial charge in [0.1, 0.15) is 0 Å². The molecule has 18 heavy (non-hydrogen) atoms. The van der Waals surface area contributed by atoms with Crippen LogP contribution in [0.4, 0.5) is 0 Å². The fourth-order valence-corrected chi connectivity index (χ4v) is 2.66.